The number of nitrogens with zero attached hydrogens (tertiary/aromatic N) is 1. The molecule has 4 aromatic rings. The molecule has 0 aliphatic rings. The van der Waals surface area contributed by atoms with E-state index in [-0.39, 0.29) is 28.4 Å². The molecule has 0 atom stereocenters. The Bertz CT molecular complexity index is 1520. The average molecular weight is 492 g/mol. The first-order chi connectivity index (χ1) is 16.9. The van der Waals surface area contributed by atoms with Gasteiger partial charge in [0.2, 0.25) is 5.43 Å². The minimum atomic E-state index is -1.15. The largest absolute Gasteiger partial charge is 0.455 e. The molecule has 0 spiro atoms. The smallest absolute Gasteiger partial charge is 0.267 e. The molecule has 0 aliphatic heterocycles. The number of nitrogens with one attached hydrogen (secondary N) is 2. The first-order valence-electron chi connectivity index (χ1n) is 11.8. The molecule has 2 aromatic carbocycles. The van der Waals surface area contributed by atoms with Crippen LogP contribution in [0.5, 0.6) is 11.5 Å². The number of carbonyl (C=O) groups excluding carboxylic acids is 1. The van der Waals surface area contributed by atoms with Crippen LogP contribution in [0.4, 0.5) is 4.39 Å². The summed E-state index contributed by atoms with van der Waals surface area (Å²) in [6.45, 7) is 10.8. The maximum atomic E-state index is 13.9. The molecule has 0 bridgehead atoms. The number of rotatable bonds is 6. The lowest BCUT2D eigenvalue weighted by Crippen LogP contribution is -2.22. The van der Waals surface area contributed by atoms with Crippen LogP contribution in [0.25, 0.3) is 16.7 Å². The lowest BCUT2D eigenvalue weighted by atomic mass is 9.97. The molecule has 0 saturated carbocycles. The molecule has 36 heavy (non-hydrogen) atoms. The van der Waals surface area contributed by atoms with Gasteiger partial charge in [-0.05, 0) is 88.6 Å². The molecule has 1 amide bonds. The van der Waals surface area contributed by atoms with E-state index in [9.17, 15) is 19.1 Å². The van der Waals surface area contributed by atoms with Crippen molar-refractivity contribution < 1.29 is 19.0 Å². The SMILES string of the molecule is CCNC(=O)c1cc2c([nH]1)c(=O)c(C)cn2-c1cc(C(C)(C)O)ccc1Oc1c(C)cc(F)cc1C. The third kappa shape index (κ3) is 4.64. The van der Waals surface area contributed by atoms with E-state index in [2.05, 4.69) is 10.3 Å². The summed E-state index contributed by atoms with van der Waals surface area (Å²) in [5.41, 5.74) is 2.55. The molecular weight excluding hydrogens is 461 g/mol. The van der Waals surface area contributed by atoms with Crippen molar-refractivity contribution in [2.75, 3.05) is 6.54 Å². The molecule has 2 aromatic heterocycles. The van der Waals surface area contributed by atoms with Crippen LogP contribution in [0.1, 0.15) is 53.5 Å². The van der Waals surface area contributed by atoms with Gasteiger partial charge in [0.25, 0.3) is 5.91 Å². The topological polar surface area (TPSA) is 96.4 Å². The van der Waals surface area contributed by atoms with Gasteiger partial charge < -0.3 is 24.7 Å². The highest BCUT2D eigenvalue weighted by atomic mass is 19.1. The van der Waals surface area contributed by atoms with Gasteiger partial charge in [-0.15, -0.1) is 0 Å². The summed E-state index contributed by atoms with van der Waals surface area (Å²) in [5, 5.41) is 13.4. The molecule has 4 rings (SSSR count). The number of aryl methyl sites for hydroxylation is 3. The van der Waals surface area contributed by atoms with Crippen molar-refractivity contribution >= 4 is 16.9 Å². The summed E-state index contributed by atoms with van der Waals surface area (Å²) in [4.78, 5) is 28.4. The maximum Gasteiger partial charge on any atom is 0.267 e. The Morgan fingerprint density at radius 1 is 1.11 bits per heavy atom. The molecule has 7 nitrogen and oxygen atoms in total. The predicted octanol–water partition coefficient (Wildman–Crippen LogP) is 5.15. The van der Waals surface area contributed by atoms with Crippen molar-refractivity contribution in [3.63, 3.8) is 0 Å². The zero-order valence-electron chi connectivity index (χ0n) is 21.2. The fraction of sp³-hybridized carbons (Fsp3) is 0.286. The number of hydrogen-bond acceptors (Lipinski definition) is 4. The van der Waals surface area contributed by atoms with Gasteiger partial charge in [0.15, 0.2) is 5.75 Å². The highest BCUT2D eigenvalue weighted by Gasteiger charge is 2.22. The van der Waals surface area contributed by atoms with Crippen LogP contribution < -0.4 is 15.5 Å². The first kappa shape index (κ1) is 25.2. The fourth-order valence-corrected chi connectivity index (χ4v) is 4.24. The van der Waals surface area contributed by atoms with E-state index in [0.717, 1.165) is 0 Å². The van der Waals surface area contributed by atoms with Gasteiger partial charge in [0, 0.05) is 18.3 Å². The number of carbonyl (C=O) groups is 1. The van der Waals surface area contributed by atoms with Crippen LogP contribution in [0.15, 0.2) is 47.4 Å². The number of aliphatic hydroxyl groups is 1. The molecule has 0 aliphatic carbocycles. The summed E-state index contributed by atoms with van der Waals surface area (Å²) in [5.74, 6) is 0.278. The predicted molar refractivity (Wildman–Crippen MR) is 138 cm³/mol. The third-order valence-corrected chi connectivity index (χ3v) is 6.11. The lowest BCUT2D eigenvalue weighted by molar-refractivity contribution is 0.0785. The Balaban J connectivity index is 2.00. The minimum absolute atomic E-state index is 0.219. The number of aromatic nitrogens is 2. The Labute approximate surface area is 208 Å². The van der Waals surface area contributed by atoms with Gasteiger partial charge in [-0.2, -0.15) is 0 Å². The van der Waals surface area contributed by atoms with E-state index in [0.29, 0.717) is 51.5 Å². The summed E-state index contributed by atoms with van der Waals surface area (Å²) in [6.07, 6.45) is 1.68. The lowest BCUT2D eigenvalue weighted by Gasteiger charge is -2.22. The van der Waals surface area contributed by atoms with Crippen molar-refractivity contribution in [3.05, 3.63) is 86.6 Å². The number of benzene rings is 2. The highest BCUT2D eigenvalue weighted by Crippen LogP contribution is 2.36. The van der Waals surface area contributed by atoms with Crippen molar-refractivity contribution in [1.29, 1.82) is 0 Å². The van der Waals surface area contributed by atoms with Gasteiger partial charge in [0.05, 0.1) is 16.8 Å². The molecule has 0 saturated heterocycles. The van der Waals surface area contributed by atoms with Crippen LogP contribution in [-0.2, 0) is 5.60 Å². The number of amides is 1. The Morgan fingerprint density at radius 2 is 1.78 bits per heavy atom. The van der Waals surface area contributed by atoms with Crippen molar-refractivity contribution in [3.8, 4) is 17.2 Å². The molecular formula is C28H30FN3O4. The summed E-state index contributed by atoms with van der Waals surface area (Å²) in [7, 11) is 0. The quantitative estimate of drug-likeness (QED) is 0.347. The number of ether oxygens (including phenoxy) is 1. The van der Waals surface area contributed by atoms with Crippen molar-refractivity contribution in [1.82, 2.24) is 14.9 Å². The number of halogens is 1. The van der Waals surface area contributed by atoms with E-state index < -0.39 is 5.60 Å². The normalized spacial score (nSPS) is 11.7. The first-order valence-corrected chi connectivity index (χ1v) is 11.8. The van der Waals surface area contributed by atoms with Gasteiger partial charge in [-0.25, -0.2) is 4.39 Å². The van der Waals surface area contributed by atoms with E-state index in [1.165, 1.54) is 12.1 Å². The molecule has 0 unspecified atom stereocenters. The van der Waals surface area contributed by atoms with Gasteiger partial charge in [-0.3, -0.25) is 9.59 Å². The summed E-state index contributed by atoms with van der Waals surface area (Å²) >= 11 is 0. The summed E-state index contributed by atoms with van der Waals surface area (Å²) < 4.78 is 22.0. The Hall–Kier alpha value is -3.91. The number of hydrogen-bond donors (Lipinski definition) is 3. The second-order valence-electron chi connectivity index (χ2n) is 9.53. The third-order valence-electron chi connectivity index (χ3n) is 6.11. The van der Waals surface area contributed by atoms with Crippen LogP contribution in [0.2, 0.25) is 0 Å². The highest BCUT2D eigenvalue weighted by molar-refractivity contribution is 5.97. The Kier molecular flexibility index (Phi) is 6.49. The van der Waals surface area contributed by atoms with Gasteiger partial charge in [-0.1, -0.05) is 6.07 Å². The van der Waals surface area contributed by atoms with Crippen LogP contribution >= 0.6 is 0 Å². The number of pyridine rings is 1. The average Bonchev–Trinajstić information content (AvgIpc) is 3.24. The molecule has 2 heterocycles. The van der Waals surface area contributed by atoms with E-state index in [1.54, 1.807) is 69.6 Å². The number of fused-ring (bicyclic) bond motifs is 1. The molecule has 0 fully saturated rings. The standard InChI is InChI=1S/C28H30FN3O4/c1-7-30-27(34)20-13-22-24(31-20)25(33)17(4)14-32(22)21-12-18(28(5,6)35)8-9-23(21)36-26-15(2)10-19(29)11-16(26)3/h8-14,31,35H,7H2,1-6H3,(H,30,34). The van der Waals surface area contributed by atoms with E-state index in [4.69, 9.17) is 4.74 Å². The van der Waals surface area contributed by atoms with Gasteiger partial charge >= 0.3 is 0 Å². The maximum absolute atomic E-state index is 13.9. The molecule has 0 radical (unpaired) electrons. The van der Waals surface area contributed by atoms with E-state index >= 15 is 0 Å². The molecule has 188 valence electrons. The monoisotopic (exact) mass is 491 g/mol. The van der Waals surface area contributed by atoms with Crippen molar-refractivity contribution in [2.45, 2.75) is 47.1 Å². The molecule has 3 N–H and O–H groups in total. The second kappa shape index (κ2) is 9.28. The van der Waals surface area contributed by atoms with Crippen LogP contribution in [0, 0.1) is 26.6 Å². The zero-order chi connectivity index (χ0) is 26.4. The van der Waals surface area contributed by atoms with Crippen LogP contribution in [0.3, 0.4) is 0 Å². The fourth-order valence-electron chi connectivity index (χ4n) is 4.24. The minimum Gasteiger partial charge on any atom is -0.455 e. The van der Waals surface area contributed by atoms with Crippen LogP contribution in [-0.4, -0.2) is 27.1 Å². The molecule has 8 heteroatoms. The van der Waals surface area contributed by atoms with Crippen molar-refractivity contribution in [2.24, 2.45) is 0 Å². The number of H-pyrrole nitrogens is 1. The second-order valence-corrected chi connectivity index (χ2v) is 9.53. The zero-order valence-corrected chi connectivity index (χ0v) is 21.2. The Morgan fingerprint density at radius 3 is 2.39 bits per heavy atom. The van der Waals surface area contributed by atoms with E-state index in [1.807, 2.05) is 6.92 Å². The number of aromatic amines is 1. The summed E-state index contributed by atoms with van der Waals surface area (Å²) in [6, 6.07) is 9.71. The van der Waals surface area contributed by atoms with Gasteiger partial charge in [0.1, 0.15) is 22.8 Å².